The van der Waals surface area contributed by atoms with Crippen LogP contribution in [0.5, 0.6) is 11.5 Å². The summed E-state index contributed by atoms with van der Waals surface area (Å²) in [5.74, 6) is -20.2. The molecule has 0 fully saturated rings. The number of carboxylic acids is 3. The Morgan fingerprint density at radius 2 is 0.844 bits per heavy atom. The van der Waals surface area contributed by atoms with E-state index in [-0.39, 0.29) is 84.8 Å². The van der Waals surface area contributed by atoms with Crippen molar-refractivity contribution in [3.8, 4) is 11.5 Å². The zero-order chi connectivity index (χ0) is 81.0. The van der Waals surface area contributed by atoms with Crippen LogP contribution in [0.1, 0.15) is 95.0 Å². The lowest BCUT2D eigenvalue weighted by molar-refractivity contribution is -0.143. The normalized spacial score (nSPS) is 13.7. The lowest BCUT2D eigenvalue weighted by Gasteiger charge is -2.27. The molecule has 40 nitrogen and oxygen atoms in total. The molecule has 109 heavy (non-hydrogen) atoms. The van der Waals surface area contributed by atoms with Crippen molar-refractivity contribution in [2.75, 3.05) is 26.2 Å². The van der Waals surface area contributed by atoms with Gasteiger partial charge in [-0.2, -0.15) is 0 Å². The highest BCUT2D eigenvalue weighted by atomic mass is 16.4. The minimum Gasteiger partial charge on any atom is -0.508 e. The number of primary amides is 1. The van der Waals surface area contributed by atoms with Gasteiger partial charge >= 0.3 is 17.9 Å². The fourth-order valence-electron chi connectivity index (χ4n) is 10.4. The number of hydrogen-bond donors (Lipinski definition) is 23. The Kier molecular flexibility index (Phi) is 36.5. The molecule has 1 heterocycles. The van der Waals surface area contributed by atoms with Crippen molar-refractivity contribution in [2.24, 2.45) is 29.0 Å². The molecule has 10 atom stereocenters. The van der Waals surface area contributed by atoms with Crippen LogP contribution in [0.25, 0.3) is 0 Å². The van der Waals surface area contributed by atoms with Crippen LogP contribution >= 0.6 is 0 Å². The molecular weight excluding hydrogens is 1430 g/mol. The van der Waals surface area contributed by atoms with E-state index in [2.05, 4.69) is 79.1 Å². The number of phenolic OH excluding ortho intramolecular Hbond substituents is 2. The summed E-state index contributed by atoms with van der Waals surface area (Å²) >= 11 is 0. The van der Waals surface area contributed by atoms with E-state index in [1.165, 1.54) is 61.1 Å². The van der Waals surface area contributed by atoms with Crippen LogP contribution < -0.4 is 86.3 Å². The number of aromatic nitrogens is 2. The summed E-state index contributed by atoms with van der Waals surface area (Å²) in [6, 6.07) is 2.33. The highest BCUT2D eigenvalue weighted by Gasteiger charge is 2.37. The Hall–Kier alpha value is -12.8. The summed E-state index contributed by atoms with van der Waals surface area (Å²) < 4.78 is 0. The standard InChI is InChI=1S/C69H95N19O21/c1-35(2)23-46(63(104)82-43(11-8-22-75-69(72)73)61(102)83-45(59(71)100)24-37-9-6-5-7-10-37)84-65(106)49(27-40-30-74-34-79-40)81-54(93)33-77-60(101)47(25-38-12-16-41(89)17-13-38)85-66(107)50(28-56(96)97)88-67(108)51(29-57(98)99)87-64(105)48(26-39-14-18-42(90)19-15-39)86-62(103)44(20-21-55(94)95)80-53(92)32-76-52(91)31-78-68(109)58(70)36(3)4/h5-7,9-10,12-19,30,34-36,43-51,58,89-90H,8,11,20-29,31-33,70H2,1-4H3,(H2,71,100)(H,74,79)(H,76,91)(H,77,101)(H,78,109)(H,80,92)(H,81,93)(H,82,104)(H,83,102)(H,84,106)(H,85,107)(H,86,103)(H,87,105)(H,88,108)(H,94,95)(H,96,97)(H,98,99)(H4,72,73,75)/t43-,44-,45-,46-,47-,48-,49-,50-,51-,58-/m0/s1. The van der Waals surface area contributed by atoms with E-state index in [4.69, 9.17) is 22.6 Å². The van der Waals surface area contributed by atoms with E-state index in [0.717, 1.165) is 0 Å². The zero-order valence-electron chi connectivity index (χ0n) is 60.1. The molecule has 13 amide bonds. The maximum atomic E-state index is 14.4. The van der Waals surface area contributed by atoms with Gasteiger partial charge in [0.25, 0.3) is 0 Å². The van der Waals surface area contributed by atoms with Gasteiger partial charge in [-0.25, -0.2) is 4.98 Å². The van der Waals surface area contributed by atoms with Gasteiger partial charge in [-0.3, -0.25) is 82.1 Å². The molecule has 26 N–H and O–H groups in total. The lowest BCUT2D eigenvalue weighted by atomic mass is 10.0. The molecule has 4 rings (SSSR count). The average Bonchev–Trinajstić information content (AvgIpc) is 1.05. The molecule has 0 spiro atoms. The van der Waals surface area contributed by atoms with Crippen LogP contribution in [0.15, 0.2) is 91.4 Å². The lowest BCUT2D eigenvalue weighted by Crippen LogP contribution is -2.60. The number of rotatable bonds is 47. The minimum atomic E-state index is -2.23. The quantitative estimate of drug-likeness (QED) is 0.0111. The molecule has 0 saturated heterocycles. The van der Waals surface area contributed by atoms with Crippen LogP contribution in [0.4, 0.5) is 0 Å². The molecule has 0 saturated carbocycles. The van der Waals surface area contributed by atoms with Crippen molar-refractivity contribution in [1.29, 1.82) is 5.41 Å². The first-order valence-corrected chi connectivity index (χ1v) is 34.4. The molecule has 0 aliphatic heterocycles. The van der Waals surface area contributed by atoms with Crippen LogP contribution in [-0.4, -0.2) is 223 Å². The Labute approximate surface area is 624 Å². The van der Waals surface area contributed by atoms with Crippen LogP contribution in [0.2, 0.25) is 0 Å². The number of hydrogen-bond acceptors (Lipinski definition) is 21. The minimum absolute atomic E-state index is 0.00165. The third-order valence-corrected chi connectivity index (χ3v) is 16.2. The molecule has 0 aliphatic rings. The second kappa shape index (κ2) is 44.9. The number of H-pyrrole nitrogens is 1. The number of carboxylic acid groups (broad SMARTS) is 3. The van der Waals surface area contributed by atoms with E-state index < -0.39 is 213 Å². The van der Waals surface area contributed by atoms with Crippen molar-refractivity contribution in [1.82, 2.24) is 79.1 Å². The topological polar surface area (TPSA) is 661 Å². The van der Waals surface area contributed by atoms with Gasteiger partial charge in [0.15, 0.2) is 5.96 Å². The fraction of sp³-hybridized carbons (Fsp3) is 0.449. The van der Waals surface area contributed by atoms with Gasteiger partial charge in [-0.15, -0.1) is 0 Å². The number of aromatic hydroxyl groups is 2. The van der Waals surface area contributed by atoms with Crippen molar-refractivity contribution in [3.63, 3.8) is 0 Å². The second-order valence-electron chi connectivity index (χ2n) is 26.0. The van der Waals surface area contributed by atoms with E-state index in [1.54, 1.807) is 58.0 Å². The smallest absolute Gasteiger partial charge is 0.305 e. The molecule has 0 radical (unpaired) electrons. The van der Waals surface area contributed by atoms with Crippen molar-refractivity contribution in [2.45, 2.75) is 159 Å². The number of phenols is 2. The molecule has 0 unspecified atom stereocenters. The largest absolute Gasteiger partial charge is 0.508 e. The van der Waals surface area contributed by atoms with Crippen LogP contribution in [-0.2, 0) is 102 Å². The number of guanidine groups is 1. The number of aliphatic carboxylic acids is 3. The Bertz CT molecular complexity index is 3830. The fourth-order valence-corrected chi connectivity index (χ4v) is 10.4. The van der Waals surface area contributed by atoms with Gasteiger partial charge in [0.05, 0.1) is 50.5 Å². The predicted octanol–water partition coefficient (Wildman–Crippen LogP) is -5.60. The first-order valence-electron chi connectivity index (χ1n) is 34.4. The zero-order valence-corrected chi connectivity index (χ0v) is 60.1. The summed E-state index contributed by atoms with van der Waals surface area (Å²) in [6.07, 6.45) is -2.55. The van der Waals surface area contributed by atoms with Gasteiger partial charge in [0.2, 0.25) is 76.8 Å². The number of benzene rings is 3. The molecule has 3 aromatic carbocycles. The van der Waals surface area contributed by atoms with Gasteiger partial charge < -0.3 is 117 Å². The third-order valence-electron chi connectivity index (χ3n) is 16.2. The number of carbonyl (C=O) groups is 16. The molecule has 40 heteroatoms. The summed E-state index contributed by atoms with van der Waals surface area (Å²) in [6.45, 7) is 4.51. The molecule has 592 valence electrons. The predicted molar refractivity (Wildman–Crippen MR) is 384 cm³/mol. The SMILES string of the molecule is CC(C)C[C@H](NC(=O)[C@H](Cc1c[nH]cn1)NC(=O)CNC(=O)[C@H](Cc1ccc(O)cc1)NC(=O)[C@H](CC(=O)O)NC(=O)[C@H](CC(=O)O)NC(=O)[C@H](Cc1ccc(O)cc1)NC(=O)[C@H](CCC(=O)O)NC(=O)CNC(=O)CNC(=O)[C@@H](N)C(C)C)C(=O)N[C@@H](CCCNC(=N)N)C(=O)N[C@@H](Cc1ccccc1)C(N)=O. The van der Waals surface area contributed by atoms with Crippen molar-refractivity contribution >= 4 is 101 Å². The third kappa shape index (κ3) is 33.5. The highest BCUT2D eigenvalue weighted by molar-refractivity contribution is 6.00. The van der Waals surface area contributed by atoms with E-state index >= 15 is 0 Å². The Morgan fingerprint density at radius 3 is 1.32 bits per heavy atom. The number of amides is 13. The maximum Gasteiger partial charge on any atom is 0.305 e. The molecule has 1 aromatic heterocycles. The highest BCUT2D eigenvalue weighted by Crippen LogP contribution is 2.16. The van der Waals surface area contributed by atoms with Gasteiger partial charge in [0.1, 0.15) is 65.9 Å². The number of nitrogens with zero attached hydrogens (tertiary/aromatic N) is 1. The van der Waals surface area contributed by atoms with Crippen LogP contribution in [0, 0.1) is 17.2 Å². The Balaban J connectivity index is 1.58. The number of imidazole rings is 1. The molecule has 0 aliphatic carbocycles. The van der Waals surface area contributed by atoms with E-state index in [0.29, 0.717) is 5.56 Å². The van der Waals surface area contributed by atoms with E-state index in [9.17, 15) is 102 Å². The Morgan fingerprint density at radius 1 is 0.440 bits per heavy atom. The summed E-state index contributed by atoms with van der Waals surface area (Å²) in [5.41, 5.74) is 18.2. The van der Waals surface area contributed by atoms with Crippen molar-refractivity contribution in [3.05, 3.63) is 114 Å². The van der Waals surface area contributed by atoms with Crippen molar-refractivity contribution < 1.29 is 102 Å². The second-order valence-corrected chi connectivity index (χ2v) is 26.0. The monoisotopic (exact) mass is 1530 g/mol. The summed E-state index contributed by atoms with van der Waals surface area (Å²) in [7, 11) is 0. The average molecular weight is 1530 g/mol. The number of nitrogens with one attached hydrogen (secondary N) is 15. The molecule has 4 aromatic rings. The number of aromatic amines is 1. The molecule has 0 bridgehead atoms. The summed E-state index contributed by atoms with van der Waals surface area (Å²) in [4.78, 5) is 222. The number of nitrogens with two attached hydrogens (primary N) is 3. The van der Waals surface area contributed by atoms with E-state index in [1.807, 2.05) is 0 Å². The van der Waals surface area contributed by atoms with Gasteiger partial charge in [0, 0.05) is 44.8 Å². The first-order chi connectivity index (χ1) is 51.5. The first kappa shape index (κ1) is 88.6. The van der Waals surface area contributed by atoms with Gasteiger partial charge in [-0.05, 0) is 78.5 Å². The maximum absolute atomic E-state index is 14.4. The summed E-state index contributed by atoms with van der Waals surface area (Å²) in [5, 5.41) is 88.0. The van der Waals surface area contributed by atoms with Gasteiger partial charge in [-0.1, -0.05) is 82.3 Å². The number of carbonyl (C=O) groups excluding carboxylic acids is 13. The van der Waals surface area contributed by atoms with Crippen LogP contribution in [0.3, 0.4) is 0 Å². The molecular formula is C69H95N19O21.